The van der Waals surface area contributed by atoms with Crippen molar-refractivity contribution in [2.24, 2.45) is 5.92 Å². The molecule has 1 amide bonds. The van der Waals surface area contributed by atoms with Crippen LogP contribution in [0.5, 0.6) is 11.5 Å². The molecule has 3 aromatic rings. The first-order chi connectivity index (χ1) is 19.6. The summed E-state index contributed by atoms with van der Waals surface area (Å²) in [6.45, 7) is 0.825. The van der Waals surface area contributed by atoms with Crippen molar-refractivity contribution >= 4 is 28.5 Å². The molecule has 2 aromatic heterocycles. The first-order valence-corrected chi connectivity index (χ1v) is 13.2. The molecule has 4 aliphatic rings. The third-order valence-corrected chi connectivity index (χ3v) is 8.36. The van der Waals surface area contributed by atoms with Crippen molar-refractivity contribution in [3.8, 4) is 22.9 Å². The van der Waals surface area contributed by atoms with E-state index in [2.05, 4.69) is 5.32 Å². The van der Waals surface area contributed by atoms with Crippen LogP contribution >= 0.6 is 0 Å². The number of hydrogen-bond donors (Lipinski definition) is 3. The largest absolute Gasteiger partial charge is 0.458 e. The van der Waals surface area contributed by atoms with Crippen molar-refractivity contribution in [2.75, 3.05) is 6.79 Å². The zero-order chi connectivity index (χ0) is 28.8. The molecule has 41 heavy (non-hydrogen) atoms. The van der Waals surface area contributed by atoms with E-state index in [4.69, 9.17) is 19.2 Å². The van der Waals surface area contributed by atoms with Crippen LogP contribution in [0.15, 0.2) is 16.9 Å². The normalized spacial score (nSPS) is 20.7. The molecular weight excluding hydrogens is 540 g/mol. The number of pyridine rings is 2. The highest BCUT2D eigenvalue weighted by Crippen LogP contribution is 2.49. The number of nitro benzene ring substituents is 1. The number of esters is 1. The lowest BCUT2D eigenvalue weighted by molar-refractivity contribution is -0.383. The van der Waals surface area contributed by atoms with Gasteiger partial charge in [0.25, 0.3) is 5.56 Å². The number of rotatable bonds is 6. The molecule has 5 heterocycles. The molecule has 3 N–H and O–H groups in total. The van der Waals surface area contributed by atoms with Gasteiger partial charge in [-0.05, 0) is 36.8 Å². The zero-order valence-electron chi connectivity index (χ0n) is 21.8. The van der Waals surface area contributed by atoms with Crippen LogP contribution in [0, 0.1) is 16.0 Å². The van der Waals surface area contributed by atoms with Crippen LogP contribution in [-0.2, 0) is 39.6 Å². The van der Waals surface area contributed by atoms with Gasteiger partial charge in [0, 0.05) is 23.7 Å². The summed E-state index contributed by atoms with van der Waals surface area (Å²) in [5, 5.41) is 36.6. The molecule has 14 nitrogen and oxygen atoms in total. The Morgan fingerprint density at radius 3 is 2.76 bits per heavy atom. The van der Waals surface area contributed by atoms with Gasteiger partial charge in [0.1, 0.15) is 12.7 Å². The smallest absolute Gasteiger partial charge is 0.343 e. The van der Waals surface area contributed by atoms with Crippen molar-refractivity contribution in [3.63, 3.8) is 0 Å². The summed E-state index contributed by atoms with van der Waals surface area (Å²) >= 11 is 0. The van der Waals surface area contributed by atoms with Crippen molar-refractivity contribution in [1.82, 2.24) is 14.9 Å². The van der Waals surface area contributed by atoms with Gasteiger partial charge in [-0.1, -0.05) is 6.92 Å². The molecule has 212 valence electrons. The third-order valence-electron chi connectivity index (χ3n) is 8.36. The summed E-state index contributed by atoms with van der Waals surface area (Å²) < 4.78 is 17.4. The number of cyclic esters (lactones) is 1. The first kappa shape index (κ1) is 25.4. The summed E-state index contributed by atoms with van der Waals surface area (Å²) in [5.41, 5.74) is -1.13. The fourth-order valence-electron chi connectivity index (χ4n) is 5.95. The standard InChI is InChI=1S/C27H24N4O10/c1-2-27(36)15-5-17-20-13(8-30(17)25(34)14(15)9-39-26(27)35)12(7-28-24(33)22(32)11-3-4-11)19-16(29-20)6-18-23(41-10-40-18)21(19)31(37)38/h5-6,11,22,32,36H,2-4,7-10H2,1H3,(H,28,33)/t22?,27-/m0/s1. The summed E-state index contributed by atoms with van der Waals surface area (Å²) in [6.07, 6.45) is 0.228. The highest BCUT2D eigenvalue weighted by molar-refractivity contribution is 5.99. The minimum atomic E-state index is -2.03. The van der Waals surface area contributed by atoms with Gasteiger partial charge in [0.15, 0.2) is 11.4 Å². The highest BCUT2D eigenvalue weighted by Gasteiger charge is 2.46. The summed E-state index contributed by atoms with van der Waals surface area (Å²) in [7, 11) is 0. The van der Waals surface area contributed by atoms with E-state index in [0.717, 1.165) is 12.8 Å². The Kier molecular flexibility index (Phi) is 5.40. The van der Waals surface area contributed by atoms with Gasteiger partial charge in [0.05, 0.1) is 39.3 Å². The lowest BCUT2D eigenvalue weighted by Gasteiger charge is -2.31. The third kappa shape index (κ3) is 3.56. The Hall–Kier alpha value is -4.56. The van der Waals surface area contributed by atoms with E-state index in [-0.39, 0.29) is 78.0 Å². The first-order valence-electron chi connectivity index (χ1n) is 13.2. The van der Waals surface area contributed by atoms with Gasteiger partial charge in [0.2, 0.25) is 18.4 Å². The van der Waals surface area contributed by atoms with Gasteiger partial charge in [-0.25, -0.2) is 9.78 Å². The average molecular weight is 565 g/mol. The lowest BCUT2D eigenvalue weighted by atomic mass is 9.86. The molecular formula is C27H24N4O10. The molecule has 2 atom stereocenters. The van der Waals surface area contributed by atoms with Crippen molar-refractivity contribution < 1.29 is 38.9 Å². The van der Waals surface area contributed by atoms with Gasteiger partial charge in [-0.2, -0.15) is 0 Å². The molecule has 1 aliphatic carbocycles. The van der Waals surface area contributed by atoms with Crippen molar-refractivity contribution in [2.45, 2.75) is 57.6 Å². The fourth-order valence-corrected chi connectivity index (χ4v) is 5.95. The van der Waals surface area contributed by atoms with Gasteiger partial charge >= 0.3 is 11.7 Å². The lowest BCUT2D eigenvalue weighted by Crippen LogP contribution is -2.44. The second kappa shape index (κ2) is 8.72. The summed E-state index contributed by atoms with van der Waals surface area (Å²) in [4.78, 5) is 55.3. The predicted octanol–water partition coefficient (Wildman–Crippen LogP) is 1.10. The van der Waals surface area contributed by atoms with Crippen molar-refractivity contribution in [3.05, 3.63) is 54.9 Å². The molecule has 7 rings (SSSR count). The number of nitro groups is 1. The van der Waals surface area contributed by atoms with Crippen LogP contribution in [0.1, 0.15) is 48.4 Å². The van der Waals surface area contributed by atoms with Crippen LogP contribution in [0.2, 0.25) is 0 Å². The minimum absolute atomic E-state index is 0.0317. The molecule has 1 fully saturated rings. The number of ether oxygens (including phenoxy) is 3. The number of carbonyl (C=O) groups is 2. The molecule has 1 aromatic carbocycles. The van der Waals surface area contributed by atoms with Crippen LogP contribution in [0.3, 0.4) is 0 Å². The van der Waals surface area contributed by atoms with Gasteiger partial charge in [-0.3, -0.25) is 19.7 Å². The average Bonchev–Trinajstić information content (AvgIpc) is 3.59. The van der Waals surface area contributed by atoms with E-state index in [1.54, 1.807) is 6.92 Å². The van der Waals surface area contributed by atoms with E-state index in [9.17, 15) is 34.7 Å². The Morgan fingerprint density at radius 1 is 1.27 bits per heavy atom. The number of nitrogens with one attached hydrogen (secondary N) is 1. The Labute approximate surface area is 230 Å². The molecule has 14 heteroatoms. The van der Waals surface area contributed by atoms with E-state index >= 15 is 0 Å². The van der Waals surface area contributed by atoms with E-state index in [1.807, 2.05) is 0 Å². The molecule has 0 spiro atoms. The number of amides is 1. The SMILES string of the molecule is CC[C@@]1(O)C(=O)OCc2c1cc1n(c2=O)Cc2c-1nc1cc3c(c([N+](=O)[O-])c1c2CNC(=O)C(O)C1CC1)OCO3. The number of fused-ring (bicyclic) bond motifs is 6. The van der Waals surface area contributed by atoms with Crippen LogP contribution in [0.25, 0.3) is 22.3 Å². The van der Waals surface area contributed by atoms with Gasteiger partial charge < -0.3 is 34.3 Å². The maximum atomic E-state index is 13.6. The quantitative estimate of drug-likeness (QED) is 0.173. The number of hydrogen-bond acceptors (Lipinski definition) is 11. The monoisotopic (exact) mass is 564 g/mol. The highest BCUT2D eigenvalue weighted by atomic mass is 16.7. The topological polar surface area (TPSA) is 192 Å². The number of benzene rings is 1. The predicted molar refractivity (Wildman–Crippen MR) is 138 cm³/mol. The minimum Gasteiger partial charge on any atom is -0.458 e. The van der Waals surface area contributed by atoms with Crippen LogP contribution < -0.4 is 20.3 Å². The molecule has 1 saturated carbocycles. The maximum absolute atomic E-state index is 13.6. The number of nitrogens with zero attached hydrogens (tertiary/aromatic N) is 3. The molecule has 0 saturated heterocycles. The number of aliphatic hydroxyl groups is 2. The Bertz CT molecular complexity index is 1780. The summed E-state index contributed by atoms with van der Waals surface area (Å²) in [5.74, 6) is -1.54. The van der Waals surface area contributed by atoms with Crippen LogP contribution in [-0.4, -0.2) is 49.5 Å². The molecule has 1 unspecified atom stereocenters. The van der Waals surface area contributed by atoms with Crippen molar-refractivity contribution in [1.29, 1.82) is 0 Å². The number of aromatic nitrogens is 2. The number of carbonyl (C=O) groups excluding carboxylic acids is 2. The van der Waals surface area contributed by atoms with E-state index in [0.29, 0.717) is 22.5 Å². The van der Waals surface area contributed by atoms with Gasteiger partial charge in [-0.15, -0.1) is 0 Å². The molecule has 0 bridgehead atoms. The summed E-state index contributed by atoms with van der Waals surface area (Å²) in [6, 6.07) is 3.03. The molecule has 0 radical (unpaired) electrons. The van der Waals surface area contributed by atoms with Crippen LogP contribution in [0.4, 0.5) is 5.69 Å². The second-order valence-electron chi connectivity index (χ2n) is 10.6. The number of aliphatic hydroxyl groups excluding tert-OH is 1. The Morgan fingerprint density at radius 2 is 2.05 bits per heavy atom. The zero-order valence-corrected chi connectivity index (χ0v) is 21.8. The van der Waals surface area contributed by atoms with E-state index in [1.165, 1.54) is 16.7 Å². The fraction of sp³-hybridized carbons (Fsp3) is 0.407. The Balaban J connectivity index is 1.46. The second-order valence-corrected chi connectivity index (χ2v) is 10.6. The maximum Gasteiger partial charge on any atom is 0.343 e. The van der Waals surface area contributed by atoms with E-state index < -0.39 is 34.1 Å². The molecule has 3 aliphatic heterocycles.